The van der Waals surface area contributed by atoms with E-state index in [1.807, 2.05) is 60.3 Å². The zero-order chi connectivity index (χ0) is 15.2. The quantitative estimate of drug-likeness (QED) is 0.701. The molecule has 0 atom stereocenters. The molecule has 0 saturated heterocycles. The van der Waals surface area contributed by atoms with Gasteiger partial charge in [-0.15, -0.1) is 5.10 Å². The minimum atomic E-state index is 0.424. The Morgan fingerprint density at radius 2 is 2.05 bits per heavy atom. The molecule has 0 N–H and O–H groups in total. The van der Waals surface area contributed by atoms with E-state index in [4.69, 9.17) is 4.74 Å². The minimum Gasteiger partial charge on any atom is -0.487 e. The van der Waals surface area contributed by atoms with Gasteiger partial charge in [0.05, 0.1) is 6.20 Å². The van der Waals surface area contributed by atoms with Gasteiger partial charge in [-0.05, 0) is 36.8 Å². The molecular weight excluding hydrogens is 276 g/mol. The molecule has 22 heavy (non-hydrogen) atoms. The molecule has 112 valence electrons. The summed E-state index contributed by atoms with van der Waals surface area (Å²) < 4.78 is 7.54. The third-order valence-corrected chi connectivity index (χ3v) is 3.29. The molecule has 2 aromatic heterocycles. The average Bonchev–Trinajstić information content (AvgIpc) is 3.00. The van der Waals surface area contributed by atoms with Gasteiger partial charge in [0.2, 0.25) is 0 Å². The fourth-order valence-corrected chi connectivity index (χ4v) is 2.15. The second kappa shape index (κ2) is 6.85. The van der Waals surface area contributed by atoms with Crippen LogP contribution in [0.1, 0.15) is 17.0 Å². The van der Waals surface area contributed by atoms with Crippen molar-refractivity contribution in [2.75, 3.05) is 0 Å². The topological polar surface area (TPSA) is 52.8 Å². The molecule has 0 amide bonds. The van der Waals surface area contributed by atoms with Gasteiger partial charge in [0, 0.05) is 24.9 Å². The SMILES string of the molecule is Cc1cccc(OCc2cn(CCc3ccccn3)nn2)c1. The highest BCUT2D eigenvalue weighted by molar-refractivity contribution is 5.27. The van der Waals surface area contributed by atoms with Crippen LogP contribution in [0, 0.1) is 6.92 Å². The van der Waals surface area contributed by atoms with Crippen LogP contribution >= 0.6 is 0 Å². The number of nitrogens with zero attached hydrogens (tertiary/aromatic N) is 4. The first-order valence-corrected chi connectivity index (χ1v) is 7.28. The summed E-state index contributed by atoms with van der Waals surface area (Å²) in [6, 6.07) is 13.9. The van der Waals surface area contributed by atoms with E-state index < -0.39 is 0 Å². The summed E-state index contributed by atoms with van der Waals surface area (Å²) in [5, 5.41) is 8.25. The molecular formula is C17H18N4O. The maximum absolute atomic E-state index is 5.72. The van der Waals surface area contributed by atoms with Crippen molar-refractivity contribution < 1.29 is 4.74 Å². The van der Waals surface area contributed by atoms with E-state index in [1.54, 1.807) is 6.20 Å². The Morgan fingerprint density at radius 3 is 2.86 bits per heavy atom. The van der Waals surface area contributed by atoms with Crippen molar-refractivity contribution in [2.45, 2.75) is 26.5 Å². The minimum absolute atomic E-state index is 0.424. The summed E-state index contributed by atoms with van der Waals surface area (Å²) in [6.45, 7) is 3.22. The summed E-state index contributed by atoms with van der Waals surface area (Å²) in [5.41, 5.74) is 3.05. The van der Waals surface area contributed by atoms with Crippen LogP contribution in [0.4, 0.5) is 0 Å². The van der Waals surface area contributed by atoms with Crippen LogP contribution in [0.15, 0.2) is 54.9 Å². The lowest BCUT2D eigenvalue weighted by atomic mass is 10.2. The van der Waals surface area contributed by atoms with Crippen LogP contribution in [0.5, 0.6) is 5.75 Å². The van der Waals surface area contributed by atoms with Crippen molar-refractivity contribution in [3.05, 3.63) is 71.8 Å². The number of pyridine rings is 1. The molecule has 0 unspecified atom stereocenters. The van der Waals surface area contributed by atoms with Crippen molar-refractivity contribution in [2.24, 2.45) is 0 Å². The van der Waals surface area contributed by atoms with Gasteiger partial charge < -0.3 is 4.74 Å². The van der Waals surface area contributed by atoms with Gasteiger partial charge >= 0.3 is 0 Å². The number of ether oxygens (including phenoxy) is 1. The largest absolute Gasteiger partial charge is 0.487 e. The Kier molecular flexibility index (Phi) is 4.44. The number of hydrogen-bond donors (Lipinski definition) is 0. The van der Waals surface area contributed by atoms with Crippen LogP contribution in [-0.2, 0) is 19.6 Å². The molecule has 0 spiro atoms. The monoisotopic (exact) mass is 294 g/mol. The maximum Gasteiger partial charge on any atom is 0.134 e. The van der Waals surface area contributed by atoms with Gasteiger partial charge in [-0.1, -0.05) is 23.4 Å². The van der Waals surface area contributed by atoms with Crippen molar-refractivity contribution in [1.82, 2.24) is 20.0 Å². The number of aryl methyl sites for hydroxylation is 3. The molecule has 5 heteroatoms. The highest BCUT2D eigenvalue weighted by atomic mass is 16.5. The lowest BCUT2D eigenvalue weighted by Gasteiger charge is -2.04. The van der Waals surface area contributed by atoms with E-state index >= 15 is 0 Å². The third-order valence-electron chi connectivity index (χ3n) is 3.29. The lowest BCUT2D eigenvalue weighted by Crippen LogP contribution is -2.03. The van der Waals surface area contributed by atoms with Crippen LogP contribution in [0.25, 0.3) is 0 Å². The zero-order valence-electron chi connectivity index (χ0n) is 12.5. The van der Waals surface area contributed by atoms with Crippen molar-refractivity contribution >= 4 is 0 Å². The number of aromatic nitrogens is 4. The molecule has 0 aliphatic heterocycles. The molecule has 0 radical (unpaired) electrons. The molecule has 0 aliphatic carbocycles. The number of hydrogen-bond acceptors (Lipinski definition) is 4. The van der Waals surface area contributed by atoms with Gasteiger partial charge in [0.25, 0.3) is 0 Å². The molecule has 3 rings (SSSR count). The predicted octanol–water partition coefficient (Wildman–Crippen LogP) is 2.80. The molecule has 0 fully saturated rings. The molecule has 2 heterocycles. The van der Waals surface area contributed by atoms with E-state index in [0.717, 1.165) is 30.1 Å². The first kappa shape index (κ1) is 14.3. The fraction of sp³-hybridized carbons (Fsp3) is 0.235. The summed E-state index contributed by atoms with van der Waals surface area (Å²) in [5.74, 6) is 0.850. The smallest absolute Gasteiger partial charge is 0.134 e. The highest BCUT2D eigenvalue weighted by Crippen LogP contribution is 2.13. The Bertz CT molecular complexity index is 724. The molecule has 0 bridgehead atoms. The standard InChI is InChI=1S/C17H18N4O/c1-14-5-4-7-17(11-14)22-13-16-12-21(20-19-16)10-8-15-6-2-3-9-18-15/h2-7,9,11-12H,8,10,13H2,1H3. The average molecular weight is 294 g/mol. The zero-order valence-corrected chi connectivity index (χ0v) is 12.5. The highest BCUT2D eigenvalue weighted by Gasteiger charge is 2.03. The van der Waals surface area contributed by atoms with Crippen molar-refractivity contribution in [1.29, 1.82) is 0 Å². The van der Waals surface area contributed by atoms with Gasteiger partial charge in [-0.25, -0.2) is 0 Å². The van der Waals surface area contributed by atoms with E-state index in [0.29, 0.717) is 6.61 Å². The molecule has 1 aromatic carbocycles. The first-order chi connectivity index (χ1) is 10.8. The normalized spacial score (nSPS) is 10.6. The van der Waals surface area contributed by atoms with Crippen molar-refractivity contribution in [3.63, 3.8) is 0 Å². The molecule has 0 saturated carbocycles. The molecule has 0 aliphatic rings. The predicted molar refractivity (Wildman–Crippen MR) is 83.5 cm³/mol. The van der Waals surface area contributed by atoms with Gasteiger partial charge in [0.15, 0.2) is 0 Å². The molecule has 5 nitrogen and oxygen atoms in total. The van der Waals surface area contributed by atoms with Crippen LogP contribution in [0.2, 0.25) is 0 Å². The number of rotatable bonds is 6. The summed E-state index contributed by atoms with van der Waals surface area (Å²) in [6.07, 6.45) is 4.55. The van der Waals surface area contributed by atoms with Gasteiger partial charge in [0.1, 0.15) is 18.1 Å². The Balaban J connectivity index is 1.53. The maximum atomic E-state index is 5.72. The second-order valence-electron chi connectivity index (χ2n) is 5.15. The van der Waals surface area contributed by atoms with E-state index in [1.165, 1.54) is 5.56 Å². The van der Waals surface area contributed by atoms with Crippen LogP contribution in [0.3, 0.4) is 0 Å². The van der Waals surface area contributed by atoms with E-state index in [-0.39, 0.29) is 0 Å². The summed E-state index contributed by atoms with van der Waals surface area (Å²) in [7, 11) is 0. The Hall–Kier alpha value is -2.69. The Morgan fingerprint density at radius 1 is 1.09 bits per heavy atom. The summed E-state index contributed by atoms with van der Waals surface area (Å²) in [4.78, 5) is 4.30. The van der Waals surface area contributed by atoms with Crippen LogP contribution in [-0.4, -0.2) is 20.0 Å². The first-order valence-electron chi connectivity index (χ1n) is 7.28. The lowest BCUT2D eigenvalue weighted by molar-refractivity contribution is 0.301. The third kappa shape index (κ3) is 3.91. The van der Waals surface area contributed by atoms with E-state index in [9.17, 15) is 0 Å². The van der Waals surface area contributed by atoms with E-state index in [2.05, 4.69) is 15.3 Å². The van der Waals surface area contributed by atoms with Crippen molar-refractivity contribution in [3.8, 4) is 5.75 Å². The second-order valence-corrected chi connectivity index (χ2v) is 5.15. The van der Waals surface area contributed by atoms with Gasteiger partial charge in [-0.3, -0.25) is 9.67 Å². The molecule has 3 aromatic rings. The Labute approximate surface area is 129 Å². The van der Waals surface area contributed by atoms with Gasteiger partial charge in [-0.2, -0.15) is 0 Å². The summed E-state index contributed by atoms with van der Waals surface area (Å²) >= 11 is 0. The fourth-order valence-electron chi connectivity index (χ4n) is 2.15. The van der Waals surface area contributed by atoms with Crippen LogP contribution < -0.4 is 4.74 Å². The number of benzene rings is 1.